The van der Waals surface area contributed by atoms with E-state index in [0.29, 0.717) is 11.7 Å². The molecule has 1 aromatic heterocycles. The molecule has 0 bridgehead atoms. The molecule has 1 aliphatic carbocycles. The molecule has 0 saturated heterocycles. The summed E-state index contributed by atoms with van der Waals surface area (Å²) in [5, 5.41) is 4.78. The van der Waals surface area contributed by atoms with Crippen molar-refractivity contribution in [2.45, 2.75) is 41.9 Å². The van der Waals surface area contributed by atoms with Gasteiger partial charge in [-0.2, -0.15) is 4.98 Å². The van der Waals surface area contributed by atoms with Gasteiger partial charge in [0.05, 0.1) is 5.75 Å². The summed E-state index contributed by atoms with van der Waals surface area (Å²) in [6.45, 7) is 0. The third-order valence-corrected chi connectivity index (χ3v) is 4.70. The largest absolute Gasteiger partial charge is 0.339 e. The fourth-order valence-corrected chi connectivity index (χ4v) is 3.49. The maximum atomic E-state index is 5.96. The Balaban J connectivity index is 1.60. The molecule has 0 spiro atoms. The van der Waals surface area contributed by atoms with Crippen LogP contribution in [0.3, 0.4) is 0 Å². The predicted octanol–water partition coefficient (Wildman–Crippen LogP) is 3.61. The lowest BCUT2D eigenvalue weighted by Gasteiger charge is -2.01. The second-order valence-electron chi connectivity index (χ2n) is 5.06. The second kappa shape index (κ2) is 6.16. The third kappa shape index (κ3) is 3.34. The molecule has 0 radical (unpaired) electrons. The van der Waals surface area contributed by atoms with Gasteiger partial charge in [0.1, 0.15) is 0 Å². The van der Waals surface area contributed by atoms with Crippen LogP contribution in [0.15, 0.2) is 33.7 Å². The number of nitrogens with two attached hydrogens (primary N) is 1. The van der Waals surface area contributed by atoms with Gasteiger partial charge in [0.25, 0.3) is 0 Å². The highest BCUT2D eigenvalue weighted by Crippen LogP contribution is 2.33. The van der Waals surface area contributed by atoms with Crippen molar-refractivity contribution in [3.8, 4) is 0 Å². The van der Waals surface area contributed by atoms with Gasteiger partial charge in [0.2, 0.25) is 5.89 Å². The molecule has 1 aromatic carbocycles. The molecule has 1 aliphatic rings. The fourth-order valence-electron chi connectivity index (χ4n) is 2.44. The molecule has 3 rings (SSSR count). The van der Waals surface area contributed by atoms with Gasteiger partial charge in [0.15, 0.2) is 5.82 Å². The number of rotatable bonds is 4. The first-order valence-electron chi connectivity index (χ1n) is 6.67. The Bertz CT molecular complexity index is 589. The van der Waals surface area contributed by atoms with Gasteiger partial charge in [-0.25, -0.2) is 0 Å². The van der Waals surface area contributed by atoms with Crippen LogP contribution in [-0.2, 0) is 5.75 Å². The average Bonchev–Trinajstić information content (AvgIpc) is 3.05. The van der Waals surface area contributed by atoms with Gasteiger partial charge in [-0.1, -0.05) is 22.8 Å². The first kappa shape index (κ1) is 13.9. The van der Waals surface area contributed by atoms with Crippen LogP contribution in [0.1, 0.15) is 36.9 Å². The zero-order chi connectivity index (χ0) is 13.9. The fraction of sp³-hybridized carbons (Fsp3) is 0.429. The van der Waals surface area contributed by atoms with Gasteiger partial charge < -0.3 is 10.3 Å². The first-order chi connectivity index (χ1) is 9.70. The molecule has 2 aromatic rings. The minimum Gasteiger partial charge on any atom is -0.339 e. The lowest BCUT2D eigenvalue weighted by molar-refractivity contribution is 0.350. The zero-order valence-corrected chi connectivity index (χ0v) is 12.5. The van der Waals surface area contributed by atoms with Crippen LogP contribution >= 0.6 is 23.4 Å². The molecule has 20 heavy (non-hydrogen) atoms. The molecule has 2 unspecified atom stereocenters. The van der Waals surface area contributed by atoms with Crippen LogP contribution in [-0.4, -0.2) is 16.2 Å². The highest BCUT2D eigenvalue weighted by Gasteiger charge is 2.27. The van der Waals surface area contributed by atoms with Crippen molar-refractivity contribution in [3.05, 3.63) is 41.0 Å². The second-order valence-corrected chi connectivity index (χ2v) is 6.55. The summed E-state index contributed by atoms with van der Waals surface area (Å²) < 4.78 is 5.35. The van der Waals surface area contributed by atoms with Crippen LogP contribution in [0, 0.1) is 0 Å². The number of thioether (sulfide) groups is 1. The molecule has 0 aliphatic heterocycles. The van der Waals surface area contributed by atoms with E-state index in [1.807, 2.05) is 24.3 Å². The van der Waals surface area contributed by atoms with Crippen molar-refractivity contribution in [1.82, 2.24) is 10.1 Å². The SMILES string of the molecule is NC1CCC(c2nc(CSc3cccc(Cl)c3)no2)C1. The minimum atomic E-state index is 0.274. The predicted molar refractivity (Wildman–Crippen MR) is 79.9 cm³/mol. The third-order valence-electron chi connectivity index (χ3n) is 3.47. The monoisotopic (exact) mass is 309 g/mol. The summed E-state index contributed by atoms with van der Waals surface area (Å²) in [6, 6.07) is 8.03. The van der Waals surface area contributed by atoms with E-state index < -0.39 is 0 Å². The molecule has 1 saturated carbocycles. The molecule has 2 atom stereocenters. The highest BCUT2D eigenvalue weighted by atomic mass is 35.5. The van der Waals surface area contributed by atoms with Crippen molar-refractivity contribution in [3.63, 3.8) is 0 Å². The minimum absolute atomic E-state index is 0.274. The number of aromatic nitrogens is 2. The van der Waals surface area contributed by atoms with Gasteiger partial charge in [-0.05, 0) is 37.5 Å². The Hall–Kier alpha value is -1.04. The highest BCUT2D eigenvalue weighted by molar-refractivity contribution is 7.98. The molecule has 106 valence electrons. The first-order valence-corrected chi connectivity index (χ1v) is 8.03. The number of hydrogen-bond donors (Lipinski definition) is 1. The van der Waals surface area contributed by atoms with E-state index in [-0.39, 0.29) is 6.04 Å². The summed E-state index contributed by atoms with van der Waals surface area (Å²) in [4.78, 5) is 5.58. The van der Waals surface area contributed by atoms with Crippen LogP contribution in [0.5, 0.6) is 0 Å². The van der Waals surface area contributed by atoms with Crippen molar-refractivity contribution in [1.29, 1.82) is 0 Å². The van der Waals surface area contributed by atoms with E-state index in [2.05, 4.69) is 10.1 Å². The Morgan fingerprint density at radius 2 is 2.30 bits per heavy atom. The normalized spacial score (nSPS) is 22.3. The maximum absolute atomic E-state index is 5.96. The molecular weight excluding hydrogens is 294 g/mol. The van der Waals surface area contributed by atoms with E-state index in [4.69, 9.17) is 21.9 Å². The van der Waals surface area contributed by atoms with Crippen LogP contribution < -0.4 is 5.73 Å². The molecule has 2 N–H and O–H groups in total. The Kier molecular flexibility index (Phi) is 4.29. The number of benzene rings is 1. The van der Waals surface area contributed by atoms with Gasteiger partial charge in [-0.15, -0.1) is 11.8 Å². The number of nitrogens with zero attached hydrogens (tertiary/aromatic N) is 2. The van der Waals surface area contributed by atoms with Crippen LogP contribution in [0.4, 0.5) is 0 Å². The number of hydrogen-bond acceptors (Lipinski definition) is 5. The molecule has 4 nitrogen and oxygen atoms in total. The Labute approximate surface area is 127 Å². The molecule has 1 fully saturated rings. The Morgan fingerprint density at radius 3 is 3.05 bits per heavy atom. The molecular formula is C14H16ClN3OS. The van der Waals surface area contributed by atoms with Crippen molar-refractivity contribution >= 4 is 23.4 Å². The summed E-state index contributed by atoms with van der Waals surface area (Å²) in [5.74, 6) is 2.48. The summed E-state index contributed by atoms with van der Waals surface area (Å²) in [6.07, 6.45) is 3.03. The Morgan fingerprint density at radius 1 is 1.40 bits per heavy atom. The van der Waals surface area contributed by atoms with Crippen LogP contribution in [0.25, 0.3) is 0 Å². The van der Waals surface area contributed by atoms with E-state index >= 15 is 0 Å². The van der Waals surface area contributed by atoms with Crippen LogP contribution in [0.2, 0.25) is 5.02 Å². The van der Waals surface area contributed by atoms with Gasteiger partial charge in [-0.3, -0.25) is 0 Å². The molecule has 1 heterocycles. The summed E-state index contributed by atoms with van der Waals surface area (Å²) in [7, 11) is 0. The summed E-state index contributed by atoms with van der Waals surface area (Å²) in [5.41, 5.74) is 5.91. The van der Waals surface area contributed by atoms with Crippen molar-refractivity contribution < 1.29 is 4.52 Å². The topological polar surface area (TPSA) is 64.9 Å². The van der Waals surface area contributed by atoms with E-state index in [9.17, 15) is 0 Å². The lowest BCUT2D eigenvalue weighted by atomic mass is 10.1. The molecule has 0 amide bonds. The van der Waals surface area contributed by atoms with Gasteiger partial charge in [0, 0.05) is 21.9 Å². The van der Waals surface area contributed by atoms with Crippen molar-refractivity contribution in [2.75, 3.05) is 0 Å². The average molecular weight is 310 g/mol. The van der Waals surface area contributed by atoms with E-state index in [0.717, 1.165) is 40.9 Å². The quantitative estimate of drug-likeness (QED) is 0.874. The van der Waals surface area contributed by atoms with E-state index in [1.165, 1.54) is 0 Å². The smallest absolute Gasteiger partial charge is 0.229 e. The lowest BCUT2D eigenvalue weighted by Crippen LogP contribution is -2.14. The molecule has 6 heteroatoms. The van der Waals surface area contributed by atoms with E-state index in [1.54, 1.807) is 11.8 Å². The van der Waals surface area contributed by atoms with Crippen molar-refractivity contribution in [2.24, 2.45) is 5.73 Å². The number of halogens is 1. The summed E-state index contributed by atoms with van der Waals surface area (Å²) >= 11 is 7.61. The van der Waals surface area contributed by atoms with Gasteiger partial charge >= 0.3 is 0 Å². The zero-order valence-electron chi connectivity index (χ0n) is 11.0. The maximum Gasteiger partial charge on any atom is 0.229 e. The standard InChI is InChI=1S/C14H16ClN3OS/c15-10-2-1-3-12(7-10)20-8-13-17-14(19-18-13)9-4-5-11(16)6-9/h1-3,7,9,11H,4-6,8,16H2.